The van der Waals surface area contributed by atoms with E-state index in [0.717, 1.165) is 25.7 Å². The first-order valence-corrected chi connectivity index (χ1v) is 10.0. The number of rotatable bonds is 18. The second-order valence-electron chi connectivity index (χ2n) is 6.99. The summed E-state index contributed by atoms with van der Waals surface area (Å²) in [6.45, 7) is 2.58. The van der Waals surface area contributed by atoms with Gasteiger partial charge in [0.05, 0.1) is 0 Å². The van der Waals surface area contributed by atoms with Gasteiger partial charge in [-0.15, -0.1) is 0 Å². The number of aliphatic hydroxyl groups excluding tert-OH is 1. The van der Waals surface area contributed by atoms with Gasteiger partial charge in [0.2, 0.25) is 0 Å². The second-order valence-corrected chi connectivity index (χ2v) is 6.99. The number of aliphatic hydroxyl groups is 1. The third-order valence-corrected chi connectivity index (χ3v) is 4.76. The minimum Gasteiger partial charge on any atom is -0.481 e. The van der Waals surface area contributed by atoms with Gasteiger partial charge in [0.25, 0.3) is 0 Å². The highest BCUT2D eigenvalue weighted by atomic mass is 16.4. The van der Waals surface area contributed by atoms with Crippen molar-refractivity contribution in [1.82, 2.24) is 0 Å². The summed E-state index contributed by atoms with van der Waals surface area (Å²) in [7, 11) is 0. The van der Waals surface area contributed by atoms with Crippen molar-refractivity contribution in [3.05, 3.63) is 0 Å². The maximum Gasteiger partial charge on any atom is 0.303 e. The molecule has 0 bridgehead atoms. The molecule has 0 aliphatic heterocycles. The van der Waals surface area contributed by atoms with Gasteiger partial charge in [-0.25, -0.2) is 0 Å². The van der Waals surface area contributed by atoms with Crippen LogP contribution in [0.4, 0.5) is 0 Å². The fourth-order valence-corrected chi connectivity index (χ4v) is 3.25. The zero-order valence-electron chi connectivity index (χ0n) is 15.4. The number of carboxylic acid groups (broad SMARTS) is 1. The highest BCUT2D eigenvalue weighted by molar-refractivity contribution is 5.66. The van der Waals surface area contributed by atoms with Crippen LogP contribution in [0.5, 0.6) is 0 Å². The first-order valence-electron chi connectivity index (χ1n) is 10.0. The van der Waals surface area contributed by atoms with Gasteiger partial charge in [-0.1, -0.05) is 90.4 Å². The van der Waals surface area contributed by atoms with Gasteiger partial charge in [-0.3, -0.25) is 4.79 Å². The number of hydrogen-bond acceptors (Lipinski definition) is 2. The maximum atomic E-state index is 10.4. The summed E-state index contributed by atoms with van der Waals surface area (Å²) in [5, 5.41) is 17.8. The van der Waals surface area contributed by atoms with Crippen molar-refractivity contribution in [2.75, 3.05) is 6.61 Å². The van der Waals surface area contributed by atoms with Gasteiger partial charge in [0.1, 0.15) is 0 Å². The average Bonchev–Trinajstić information content (AvgIpc) is 2.52. The highest BCUT2D eigenvalue weighted by Gasteiger charge is 2.08. The second kappa shape index (κ2) is 17.8. The SMILES string of the molecule is CCCCCCCCC(CCO)CCCCCCCCC(=O)O. The van der Waals surface area contributed by atoms with Crippen molar-refractivity contribution in [1.29, 1.82) is 0 Å². The van der Waals surface area contributed by atoms with Crippen LogP contribution in [0.15, 0.2) is 0 Å². The Bertz CT molecular complexity index is 253. The number of aliphatic carboxylic acids is 1. The predicted molar refractivity (Wildman–Crippen MR) is 97.8 cm³/mol. The predicted octanol–water partition coefficient (Wildman–Crippen LogP) is 5.94. The molecule has 2 N–H and O–H groups in total. The lowest BCUT2D eigenvalue weighted by Crippen LogP contribution is -2.03. The molecule has 3 heteroatoms. The number of unbranched alkanes of at least 4 members (excludes halogenated alkanes) is 10. The van der Waals surface area contributed by atoms with Crippen molar-refractivity contribution in [3.63, 3.8) is 0 Å². The topological polar surface area (TPSA) is 57.5 Å². The van der Waals surface area contributed by atoms with Gasteiger partial charge >= 0.3 is 5.97 Å². The van der Waals surface area contributed by atoms with Gasteiger partial charge in [-0.05, 0) is 18.8 Å². The van der Waals surface area contributed by atoms with Crippen LogP contribution in [0.2, 0.25) is 0 Å². The maximum absolute atomic E-state index is 10.4. The van der Waals surface area contributed by atoms with Crippen molar-refractivity contribution in [2.24, 2.45) is 5.92 Å². The van der Waals surface area contributed by atoms with Crippen LogP contribution in [-0.2, 0) is 4.79 Å². The summed E-state index contributed by atoms with van der Waals surface area (Å²) in [5.41, 5.74) is 0. The van der Waals surface area contributed by atoms with E-state index in [2.05, 4.69) is 6.92 Å². The molecule has 0 saturated heterocycles. The normalized spacial score (nSPS) is 12.4. The fraction of sp³-hybridized carbons (Fsp3) is 0.950. The molecule has 23 heavy (non-hydrogen) atoms. The zero-order valence-corrected chi connectivity index (χ0v) is 15.4. The van der Waals surface area contributed by atoms with Crippen LogP contribution in [0.1, 0.15) is 110 Å². The van der Waals surface area contributed by atoms with Crippen molar-refractivity contribution >= 4 is 5.97 Å². The summed E-state index contributed by atoms with van der Waals surface area (Å²) in [6, 6.07) is 0. The summed E-state index contributed by atoms with van der Waals surface area (Å²) >= 11 is 0. The lowest BCUT2D eigenvalue weighted by Gasteiger charge is -2.15. The lowest BCUT2D eigenvalue weighted by atomic mass is 9.92. The molecule has 0 aliphatic rings. The fourth-order valence-electron chi connectivity index (χ4n) is 3.25. The molecule has 3 nitrogen and oxygen atoms in total. The summed E-state index contributed by atoms with van der Waals surface area (Å²) in [6.07, 6.45) is 18.7. The molecular formula is C20H40O3. The largest absolute Gasteiger partial charge is 0.481 e. The van der Waals surface area contributed by atoms with Crippen molar-refractivity contribution in [2.45, 2.75) is 110 Å². The first-order chi connectivity index (χ1) is 11.2. The summed E-state index contributed by atoms with van der Waals surface area (Å²) in [5.74, 6) is 0.0322. The van der Waals surface area contributed by atoms with Gasteiger partial charge in [0, 0.05) is 13.0 Å². The molecule has 0 heterocycles. The molecule has 0 aromatic heterocycles. The van der Waals surface area contributed by atoms with E-state index in [4.69, 9.17) is 5.11 Å². The lowest BCUT2D eigenvalue weighted by molar-refractivity contribution is -0.137. The van der Waals surface area contributed by atoms with Crippen LogP contribution >= 0.6 is 0 Å². The molecule has 1 atom stereocenters. The molecule has 0 fully saturated rings. The molecule has 0 amide bonds. The van der Waals surface area contributed by atoms with E-state index < -0.39 is 5.97 Å². The van der Waals surface area contributed by atoms with E-state index in [0.29, 0.717) is 18.9 Å². The molecular weight excluding hydrogens is 288 g/mol. The summed E-state index contributed by atoms with van der Waals surface area (Å²) in [4.78, 5) is 10.4. The summed E-state index contributed by atoms with van der Waals surface area (Å²) < 4.78 is 0. The number of carboxylic acids is 1. The third-order valence-electron chi connectivity index (χ3n) is 4.76. The molecule has 138 valence electrons. The first kappa shape index (κ1) is 22.4. The molecule has 0 spiro atoms. The standard InChI is InChI=1S/C20H40O3/c1-2-3-4-5-8-11-14-19(17-18-21)15-12-9-6-7-10-13-16-20(22)23/h19,21H,2-18H2,1H3,(H,22,23). The van der Waals surface area contributed by atoms with Gasteiger partial charge in [0.15, 0.2) is 0 Å². The number of hydrogen-bond donors (Lipinski definition) is 2. The van der Waals surface area contributed by atoms with Crippen molar-refractivity contribution < 1.29 is 15.0 Å². The average molecular weight is 329 g/mol. The van der Waals surface area contributed by atoms with E-state index in [-0.39, 0.29) is 0 Å². The Balaban J connectivity index is 3.47. The van der Waals surface area contributed by atoms with E-state index >= 15 is 0 Å². The van der Waals surface area contributed by atoms with Crippen LogP contribution in [0.25, 0.3) is 0 Å². The Morgan fingerprint density at radius 3 is 1.70 bits per heavy atom. The van der Waals surface area contributed by atoms with E-state index in [1.54, 1.807) is 0 Å². The minimum absolute atomic E-state index is 0.316. The molecule has 0 aliphatic carbocycles. The Morgan fingerprint density at radius 2 is 1.22 bits per heavy atom. The third kappa shape index (κ3) is 17.6. The Kier molecular flexibility index (Phi) is 17.3. The molecule has 0 saturated carbocycles. The molecule has 0 aromatic rings. The molecule has 0 rings (SSSR count). The minimum atomic E-state index is -0.675. The monoisotopic (exact) mass is 328 g/mol. The quantitative estimate of drug-likeness (QED) is 0.306. The molecule has 0 radical (unpaired) electrons. The van der Waals surface area contributed by atoms with E-state index in [1.165, 1.54) is 70.6 Å². The van der Waals surface area contributed by atoms with E-state index in [9.17, 15) is 9.90 Å². The van der Waals surface area contributed by atoms with Crippen LogP contribution in [0.3, 0.4) is 0 Å². The van der Waals surface area contributed by atoms with Crippen LogP contribution < -0.4 is 0 Å². The Morgan fingerprint density at radius 1 is 0.739 bits per heavy atom. The number of carbonyl (C=O) groups is 1. The van der Waals surface area contributed by atoms with Crippen LogP contribution in [-0.4, -0.2) is 22.8 Å². The molecule has 1 unspecified atom stereocenters. The van der Waals surface area contributed by atoms with Gasteiger partial charge < -0.3 is 10.2 Å². The molecule has 0 aromatic carbocycles. The van der Waals surface area contributed by atoms with Crippen molar-refractivity contribution in [3.8, 4) is 0 Å². The van der Waals surface area contributed by atoms with Crippen LogP contribution in [0, 0.1) is 5.92 Å². The van der Waals surface area contributed by atoms with Gasteiger partial charge in [-0.2, -0.15) is 0 Å². The smallest absolute Gasteiger partial charge is 0.303 e. The highest BCUT2D eigenvalue weighted by Crippen LogP contribution is 2.21. The zero-order chi connectivity index (χ0) is 17.2. The Labute approximate surface area is 143 Å². The van der Waals surface area contributed by atoms with E-state index in [1.807, 2.05) is 0 Å². The Hall–Kier alpha value is -0.570.